The molecule has 1 aromatic heterocycles. The number of nitrogens with zero attached hydrogens (tertiary/aromatic N) is 2. The van der Waals surface area contributed by atoms with Crippen LogP contribution >= 0.6 is 11.6 Å². The van der Waals surface area contributed by atoms with Crippen molar-refractivity contribution >= 4 is 23.7 Å². The molecule has 0 aliphatic heterocycles. The third-order valence-corrected chi connectivity index (χ3v) is 3.99. The van der Waals surface area contributed by atoms with Crippen LogP contribution < -0.4 is 10.2 Å². The van der Waals surface area contributed by atoms with E-state index in [1.807, 2.05) is 43.3 Å². The Morgan fingerprint density at radius 3 is 2.46 bits per heavy atom. The number of nitrogens with one attached hydrogen (secondary N) is 1. The minimum Gasteiger partial charge on any atom is -0.457 e. The van der Waals surface area contributed by atoms with Crippen LogP contribution in [0.1, 0.15) is 21.5 Å². The molecule has 0 atom stereocenters. The Morgan fingerprint density at radius 1 is 1.08 bits per heavy atom. The van der Waals surface area contributed by atoms with E-state index in [0.29, 0.717) is 16.3 Å². The molecule has 0 aliphatic rings. The standard InChI is InChI=1S/C20H16ClN3O2/c1-14-12-18(6-7-19(14)21)26-17-4-2-15(3-5-17)13-23-24-20(25)16-8-10-22-11-9-16/h2-13H,1H3,(H,24,25)/b23-13+. The number of hydrogen-bond acceptors (Lipinski definition) is 4. The van der Waals surface area contributed by atoms with E-state index >= 15 is 0 Å². The first-order chi connectivity index (χ1) is 12.6. The Morgan fingerprint density at radius 2 is 1.77 bits per heavy atom. The van der Waals surface area contributed by atoms with Crippen LogP contribution in [0.15, 0.2) is 72.1 Å². The number of aryl methyl sites for hydroxylation is 1. The van der Waals surface area contributed by atoms with Gasteiger partial charge in [0.15, 0.2) is 0 Å². The second-order valence-corrected chi connectivity index (χ2v) is 5.92. The summed E-state index contributed by atoms with van der Waals surface area (Å²) in [6.45, 7) is 1.93. The van der Waals surface area contributed by atoms with E-state index in [0.717, 1.165) is 16.9 Å². The highest BCUT2D eigenvalue weighted by molar-refractivity contribution is 6.31. The lowest BCUT2D eigenvalue weighted by Gasteiger charge is -2.07. The molecule has 0 saturated carbocycles. The Balaban J connectivity index is 1.59. The van der Waals surface area contributed by atoms with Gasteiger partial charge in [-0.25, -0.2) is 5.43 Å². The average molecular weight is 366 g/mol. The zero-order valence-electron chi connectivity index (χ0n) is 14.0. The molecule has 0 radical (unpaired) electrons. The number of ether oxygens (including phenoxy) is 1. The molecule has 3 aromatic rings. The minimum absolute atomic E-state index is 0.290. The molecule has 6 heteroatoms. The van der Waals surface area contributed by atoms with Crippen LogP contribution in [0.4, 0.5) is 0 Å². The summed E-state index contributed by atoms with van der Waals surface area (Å²) in [5, 5.41) is 4.66. The first-order valence-electron chi connectivity index (χ1n) is 7.89. The number of hydrazone groups is 1. The van der Waals surface area contributed by atoms with Gasteiger partial charge in [-0.1, -0.05) is 11.6 Å². The number of carbonyl (C=O) groups is 1. The Hall–Kier alpha value is -3.18. The average Bonchev–Trinajstić information content (AvgIpc) is 2.67. The van der Waals surface area contributed by atoms with Crippen molar-refractivity contribution in [1.82, 2.24) is 10.4 Å². The fraction of sp³-hybridized carbons (Fsp3) is 0.0500. The normalized spacial score (nSPS) is 10.7. The van der Waals surface area contributed by atoms with Crippen molar-refractivity contribution in [2.45, 2.75) is 6.92 Å². The highest BCUT2D eigenvalue weighted by Crippen LogP contribution is 2.25. The lowest BCUT2D eigenvalue weighted by atomic mass is 10.2. The third-order valence-electron chi connectivity index (χ3n) is 3.57. The molecule has 0 saturated heterocycles. The van der Waals surface area contributed by atoms with Crippen molar-refractivity contribution in [3.63, 3.8) is 0 Å². The number of rotatable bonds is 5. The second kappa shape index (κ2) is 8.27. The van der Waals surface area contributed by atoms with Gasteiger partial charge in [-0.05, 0) is 72.6 Å². The lowest BCUT2D eigenvalue weighted by Crippen LogP contribution is -2.17. The molecule has 0 fully saturated rings. The van der Waals surface area contributed by atoms with Crippen molar-refractivity contribution in [2.24, 2.45) is 5.10 Å². The molecule has 3 rings (SSSR count). The van der Waals surface area contributed by atoms with Crippen LogP contribution in [0.3, 0.4) is 0 Å². The molecule has 1 heterocycles. The summed E-state index contributed by atoms with van der Waals surface area (Å²) in [6.07, 6.45) is 4.67. The fourth-order valence-electron chi connectivity index (χ4n) is 2.17. The maximum absolute atomic E-state index is 11.9. The van der Waals surface area contributed by atoms with Crippen LogP contribution in [-0.2, 0) is 0 Å². The molecule has 1 N–H and O–H groups in total. The van der Waals surface area contributed by atoms with Gasteiger partial charge in [0.2, 0.25) is 0 Å². The van der Waals surface area contributed by atoms with E-state index in [4.69, 9.17) is 16.3 Å². The predicted molar refractivity (Wildman–Crippen MR) is 102 cm³/mol. The van der Waals surface area contributed by atoms with Crippen LogP contribution in [0.2, 0.25) is 5.02 Å². The molecule has 0 spiro atoms. The second-order valence-electron chi connectivity index (χ2n) is 5.52. The molecule has 0 aliphatic carbocycles. The maximum atomic E-state index is 11.9. The van der Waals surface area contributed by atoms with Gasteiger partial charge in [0, 0.05) is 23.0 Å². The summed E-state index contributed by atoms with van der Waals surface area (Å²) in [7, 11) is 0. The molecule has 0 bridgehead atoms. The van der Waals surface area contributed by atoms with E-state index in [2.05, 4.69) is 15.5 Å². The highest BCUT2D eigenvalue weighted by atomic mass is 35.5. The van der Waals surface area contributed by atoms with Gasteiger partial charge in [-0.2, -0.15) is 5.10 Å². The number of aromatic nitrogens is 1. The number of benzene rings is 2. The van der Waals surface area contributed by atoms with Crippen molar-refractivity contribution in [2.75, 3.05) is 0 Å². The number of amides is 1. The van der Waals surface area contributed by atoms with Gasteiger partial charge >= 0.3 is 0 Å². The lowest BCUT2D eigenvalue weighted by molar-refractivity contribution is 0.0955. The molecular weight excluding hydrogens is 350 g/mol. The smallest absolute Gasteiger partial charge is 0.271 e. The van der Waals surface area contributed by atoms with Crippen LogP contribution in [-0.4, -0.2) is 17.1 Å². The number of hydrogen-bond donors (Lipinski definition) is 1. The van der Waals surface area contributed by atoms with E-state index in [1.54, 1.807) is 36.8 Å². The minimum atomic E-state index is -0.290. The van der Waals surface area contributed by atoms with Crippen LogP contribution in [0.25, 0.3) is 0 Å². The van der Waals surface area contributed by atoms with Crippen LogP contribution in [0, 0.1) is 6.92 Å². The molecule has 1 amide bonds. The topological polar surface area (TPSA) is 63.6 Å². The molecule has 130 valence electrons. The van der Waals surface area contributed by atoms with Crippen LogP contribution in [0.5, 0.6) is 11.5 Å². The fourth-order valence-corrected chi connectivity index (χ4v) is 2.29. The molecule has 5 nitrogen and oxygen atoms in total. The Labute approximate surface area is 156 Å². The SMILES string of the molecule is Cc1cc(Oc2ccc(/C=N/NC(=O)c3ccncc3)cc2)ccc1Cl. The maximum Gasteiger partial charge on any atom is 0.271 e. The summed E-state index contributed by atoms with van der Waals surface area (Å²) >= 11 is 6.01. The van der Waals surface area contributed by atoms with E-state index in [1.165, 1.54) is 0 Å². The van der Waals surface area contributed by atoms with E-state index in [-0.39, 0.29) is 5.91 Å². The Kier molecular flexibility index (Phi) is 5.61. The largest absolute Gasteiger partial charge is 0.457 e. The molecule has 0 unspecified atom stereocenters. The van der Waals surface area contributed by atoms with Crippen molar-refractivity contribution in [1.29, 1.82) is 0 Å². The molecule has 2 aromatic carbocycles. The van der Waals surface area contributed by atoms with Gasteiger partial charge in [-0.15, -0.1) is 0 Å². The number of pyridine rings is 1. The summed E-state index contributed by atoms with van der Waals surface area (Å²) in [6, 6.07) is 16.1. The summed E-state index contributed by atoms with van der Waals surface area (Å²) in [5.74, 6) is 1.13. The van der Waals surface area contributed by atoms with Crippen molar-refractivity contribution in [3.8, 4) is 11.5 Å². The van der Waals surface area contributed by atoms with Gasteiger partial charge in [-0.3, -0.25) is 9.78 Å². The summed E-state index contributed by atoms with van der Waals surface area (Å²) < 4.78 is 5.79. The van der Waals surface area contributed by atoms with Gasteiger partial charge in [0.1, 0.15) is 11.5 Å². The quantitative estimate of drug-likeness (QED) is 0.531. The predicted octanol–water partition coefficient (Wildman–Crippen LogP) is 4.60. The van der Waals surface area contributed by atoms with E-state index in [9.17, 15) is 4.79 Å². The first-order valence-corrected chi connectivity index (χ1v) is 8.27. The van der Waals surface area contributed by atoms with Gasteiger partial charge < -0.3 is 4.74 Å². The highest BCUT2D eigenvalue weighted by Gasteiger charge is 2.03. The first kappa shape index (κ1) is 17.6. The summed E-state index contributed by atoms with van der Waals surface area (Å²) in [4.78, 5) is 15.7. The summed E-state index contributed by atoms with van der Waals surface area (Å²) in [5.41, 5.74) is 4.76. The van der Waals surface area contributed by atoms with Gasteiger partial charge in [0.25, 0.3) is 5.91 Å². The number of halogens is 1. The molecule has 26 heavy (non-hydrogen) atoms. The van der Waals surface area contributed by atoms with E-state index < -0.39 is 0 Å². The zero-order valence-corrected chi connectivity index (χ0v) is 14.8. The van der Waals surface area contributed by atoms with Crippen molar-refractivity contribution < 1.29 is 9.53 Å². The van der Waals surface area contributed by atoms with Crippen molar-refractivity contribution in [3.05, 3.63) is 88.7 Å². The van der Waals surface area contributed by atoms with Gasteiger partial charge in [0.05, 0.1) is 6.21 Å². The monoisotopic (exact) mass is 365 g/mol. The Bertz CT molecular complexity index is 926. The molecular formula is C20H16ClN3O2. The zero-order chi connectivity index (χ0) is 18.4. The third kappa shape index (κ3) is 4.68. The number of carbonyl (C=O) groups excluding carboxylic acids is 1.